The first kappa shape index (κ1) is 34.3. The van der Waals surface area contributed by atoms with Gasteiger partial charge in [0.1, 0.15) is 17.3 Å². The lowest BCUT2D eigenvalue weighted by Gasteiger charge is -2.24. The summed E-state index contributed by atoms with van der Waals surface area (Å²) < 4.78 is 90.3. The van der Waals surface area contributed by atoms with Crippen LogP contribution in [0, 0.1) is 10.8 Å². The highest BCUT2D eigenvalue weighted by Gasteiger charge is 2.21. The topological polar surface area (TPSA) is 51.1 Å². The fourth-order valence-corrected chi connectivity index (χ4v) is 8.35. The third kappa shape index (κ3) is 9.91. The van der Waals surface area contributed by atoms with E-state index in [1.165, 1.54) is 5.56 Å². The summed E-state index contributed by atoms with van der Waals surface area (Å²) in [5.74, 6) is 2.03. The lowest BCUT2D eigenvalue weighted by molar-refractivity contribution is 0.406. The standard InChI is InChI=1S/C61H62N4O/c1-59(2,3)39-41-33-42(40-60(4,5)6)35-44(34-41)50-25-18-24-49(43-19-11-10-12-20-43)58(50)64-54-27-15-14-26-53(54)63-46-21-17-22-47(37-46)66-48-29-30-52-51-23-13-16-28-55(51)65(56(52)38-48)57-36-45(31-32-62-57)61(7,8)9/h10-38,63-64H,39-40H2,1-9H3/i10D,11D,12D,19D,20D,39D2,40D2. The average molecular weight is 876 g/mol. The van der Waals surface area contributed by atoms with Gasteiger partial charge in [0.05, 0.1) is 34.9 Å². The van der Waals surface area contributed by atoms with Gasteiger partial charge in [-0.05, 0) is 111 Å². The van der Waals surface area contributed by atoms with Crippen molar-refractivity contribution in [3.8, 4) is 39.6 Å². The van der Waals surface area contributed by atoms with Crippen molar-refractivity contribution in [2.24, 2.45) is 10.8 Å². The van der Waals surface area contributed by atoms with E-state index in [9.17, 15) is 5.48 Å². The largest absolute Gasteiger partial charge is 0.457 e. The van der Waals surface area contributed by atoms with E-state index in [1.54, 1.807) is 71.9 Å². The Bertz CT molecular complexity index is 3600. The highest BCUT2D eigenvalue weighted by molar-refractivity contribution is 6.09. The average Bonchev–Trinajstić information content (AvgIpc) is 3.70. The molecule has 0 amide bonds. The molecule has 66 heavy (non-hydrogen) atoms. The molecule has 0 radical (unpaired) electrons. The molecule has 5 nitrogen and oxygen atoms in total. The number of rotatable bonds is 11. The van der Waals surface area contributed by atoms with Crippen molar-refractivity contribution in [3.05, 3.63) is 193 Å². The Balaban J connectivity index is 1.14. The first-order valence-corrected chi connectivity index (χ1v) is 22.5. The maximum absolute atomic E-state index is 9.40. The second kappa shape index (κ2) is 17.7. The molecule has 0 aliphatic rings. The Morgan fingerprint density at radius 2 is 1.18 bits per heavy atom. The van der Waals surface area contributed by atoms with Crippen molar-refractivity contribution in [1.29, 1.82) is 0 Å². The van der Waals surface area contributed by atoms with Gasteiger partial charge in [-0.2, -0.15) is 0 Å². The quantitative estimate of drug-likeness (QED) is 0.136. The third-order valence-corrected chi connectivity index (χ3v) is 11.1. The van der Waals surface area contributed by atoms with Gasteiger partial charge in [-0.25, -0.2) is 4.98 Å². The number of anilines is 4. The maximum Gasteiger partial charge on any atom is 0.137 e. The normalized spacial score (nSPS) is 14.5. The zero-order valence-electron chi connectivity index (χ0n) is 48.2. The molecule has 0 aliphatic carbocycles. The predicted molar refractivity (Wildman–Crippen MR) is 280 cm³/mol. The summed E-state index contributed by atoms with van der Waals surface area (Å²) in [5, 5.41) is 9.34. The minimum Gasteiger partial charge on any atom is -0.457 e. The Morgan fingerprint density at radius 1 is 0.561 bits per heavy atom. The number of fused-ring (bicyclic) bond motifs is 3. The van der Waals surface area contributed by atoms with Gasteiger partial charge in [0.2, 0.25) is 0 Å². The third-order valence-electron chi connectivity index (χ3n) is 11.1. The highest BCUT2D eigenvalue weighted by atomic mass is 16.5. The molecule has 0 aliphatic heterocycles. The fraction of sp³-hybridized carbons (Fsp3) is 0.230. The number of hydrogen-bond donors (Lipinski definition) is 2. The second-order valence-corrected chi connectivity index (χ2v) is 19.9. The van der Waals surface area contributed by atoms with E-state index in [1.807, 2.05) is 85.1 Å². The van der Waals surface area contributed by atoms with Crippen molar-refractivity contribution in [2.75, 3.05) is 10.6 Å². The van der Waals surface area contributed by atoms with Crippen LogP contribution in [0.25, 0.3) is 49.9 Å². The van der Waals surface area contributed by atoms with Gasteiger partial charge in [0.25, 0.3) is 0 Å². The molecule has 9 aromatic rings. The molecule has 0 saturated carbocycles. The number of para-hydroxylation sites is 4. The molecule has 0 fully saturated rings. The van der Waals surface area contributed by atoms with Gasteiger partial charge in [-0.3, -0.25) is 4.57 Å². The fourth-order valence-electron chi connectivity index (χ4n) is 8.35. The van der Waals surface area contributed by atoms with Crippen molar-refractivity contribution in [2.45, 2.75) is 80.5 Å². The number of nitrogens with one attached hydrogen (secondary N) is 2. The first-order valence-electron chi connectivity index (χ1n) is 27.0. The number of ether oxygens (including phenoxy) is 1. The molecule has 7 aromatic carbocycles. The summed E-state index contributed by atoms with van der Waals surface area (Å²) in [5.41, 5.74) is 5.40. The Hall–Kier alpha value is -7.11. The van der Waals surface area contributed by atoms with E-state index < -0.39 is 41.7 Å². The lowest BCUT2D eigenvalue weighted by atomic mass is 9.82. The molecular weight excluding hydrogens is 805 g/mol. The van der Waals surface area contributed by atoms with Crippen molar-refractivity contribution >= 4 is 44.6 Å². The molecule has 2 heterocycles. The molecular formula is C61H62N4O. The molecule has 0 unspecified atom stereocenters. The summed E-state index contributed by atoms with van der Waals surface area (Å²) in [6.07, 6.45) is -1.97. The van der Waals surface area contributed by atoms with Gasteiger partial charge in [0, 0.05) is 51.4 Å². The lowest BCUT2D eigenvalue weighted by Crippen LogP contribution is -2.12. The summed E-state index contributed by atoms with van der Waals surface area (Å²) in [6.45, 7) is 17.4. The molecule has 0 saturated heterocycles. The van der Waals surface area contributed by atoms with E-state index in [2.05, 4.69) is 66.3 Å². The number of hydrogen-bond acceptors (Lipinski definition) is 4. The van der Waals surface area contributed by atoms with E-state index in [0.717, 1.165) is 27.6 Å². The molecule has 0 spiro atoms. The Labute approximate surface area is 404 Å². The van der Waals surface area contributed by atoms with Crippen LogP contribution in [0.2, 0.25) is 0 Å². The molecule has 9 rings (SSSR count). The van der Waals surface area contributed by atoms with Crippen LogP contribution in [0.3, 0.4) is 0 Å². The molecule has 0 bridgehead atoms. The van der Waals surface area contributed by atoms with Crippen molar-refractivity contribution in [1.82, 2.24) is 9.55 Å². The van der Waals surface area contributed by atoms with E-state index >= 15 is 0 Å². The van der Waals surface area contributed by atoms with Gasteiger partial charge >= 0.3 is 0 Å². The summed E-state index contributed by atoms with van der Waals surface area (Å²) in [4.78, 5) is 4.84. The number of pyridine rings is 1. The molecule has 2 N–H and O–H groups in total. The van der Waals surface area contributed by atoms with Gasteiger partial charge < -0.3 is 15.4 Å². The van der Waals surface area contributed by atoms with Crippen LogP contribution >= 0.6 is 0 Å². The van der Waals surface area contributed by atoms with Crippen LogP contribution in [-0.4, -0.2) is 9.55 Å². The van der Waals surface area contributed by atoms with Crippen LogP contribution in [-0.2, 0) is 18.2 Å². The summed E-state index contributed by atoms with van der Waals surface area (Å²) in [7, 11) is 0. The van der Waals surface area contributed by atoms with E-state index in [0.29, 0.717) is 50.9 Å². The zero-order chi connectivity index (χ0) is 54.2. The van der Waals surface area contributed by atoms with E-state index in [-0.39, 0.29) is 34.2 Å². The monoisotopic (exact) mass is 876 g/mol. The first-order chi connectivity index (χ1) is 35.2. The van der Waals surface area contributed by atoms with Crippen LogP contribution < -0.4 is 15.4 Å². The number of aromatic nitrogens is 2. The molecule has 2 aromatic heterocycles. The maximum atomic E-state index is 9.40. The second-order valence-electron chi connectivity index (χ2n) is 19.9. The van der Waals surface area contributed by atoms with Crippen LogP contribution in [0.5, 0.6) is 11.5 Å². The number of benzene rings is 7. The van der Waals surface area contributed by atoms with Gasteiger partial charge in [-0.15, -0.1) is 0 Å². The summed E-state index contributed by atoms with van der Waals surface area (Å²) in [6, 6.07) is 41.8. The SMILES string of the molecule is [2H]c1c([2H])c([2H])c(-c2cccc(-c3cc(C([2H])([2H])C(C)(C)C)cc(C([2H])([2H])C(C)(C)C)c3)c2Nc2ccccc2Nc2cccc(Oc3ccc4c5ccccc5n(-c5cc(C(C)(C)C)ccn5)c4c3)c2)c([2H])c1[2H]. The van der Waals surface area contributed by atoms with E-state index in [4.69, 9.17) is 16.6 Å². The Kier molecular flexibility index (Phi) is 9.19. The Morgan fingerprint density at radius 3 is 1.88 bits per heavy atom. The molecule has 332 valence electrons. The van der Waals surface area contributed by atoms with Crippen LogP contribution in [0.1, 0.15) is 91.3 Å². The predicted octanol–water partition coefficient (Wildman–Crippen LogP) is 17.3. The zero-order valence-corrected chi connectivity index (χ0v) is 39.2. The smallest absolute Gasteiger partial charge is 0.137 e. The minimum atomic E-state index is -1.92. The molecule has 5 heteroatoms. The number of nitrogens with zero attached hydrogens (tertiary/aromatic N) is 2. The van der Waals surface area contributed by atoms with Crippen molar-refractivity contribution in [3.63, 3.8) is 0 Å². The van der Waals surface area contributed by atoms with Gasteiger partial charge in [0.15, 0.2) is 0 Å². The van der Waals surface area contributed by atoms with Crippen LogP contribution in [0.15, 0.2) is 176 Å². The highest BCUT2D eigenvalue weighted by Crippen LogP contribution is 2.43. The van der Waals surface area contributed by atoms with Crippen molar-refractivity contribution < 1.29 is 17.1 Å². The van der Waals surface area contributed by atoms with Crippen LogP contribution in [0.4, 0.5) is 22.7 Å². The minimum absolute atomic E-state index is 0.0275. The van der Waals surface area contributed by atoms with Gasteiger partial charge in [-0.1, -0.05) is 165 Å². The summed E-state index contributed by atoms with van der Waals surface area (Å²) >= 11 is 0. The molecule has 0 atom stereocenters.